The Morgan fingerprint density at radius 2 is 1.73 bits per heavy atom. The third kappa shape index (κ3) is 7.24. The molecule has 0 bridgehead atoms. The molecule has 4 aromatic rings. The number of piperidine rings is 1. The summed E-state index contributed by atoms with van der Waals surface area (Å²) in [6.07, 6.45) is -1.47. The highest BCUT2D eigenvalue weighted by molar-refractivity contribution is 5.98. The minimum absolute atomic E-state index is 0.0833. The number of H-pyrrole nitrogens is 1. The molecule has 3 aromatic carbocycles. The number of benzene rings is 3. The van der Waals surface area contributed by atoms with Gasteiger partial charge in [0.25, 0.3) is 0 Å². The van der Waals surface area contributed by atoms with E-state index in [-0.39, 0.29) is 23.8 Å². The zero-order chi connectivity index (χ0) is 31.4. The summed E-state index contributed by atoms with van der Waals surface area (Å²) in [5.74, 6) is -0.792. The van der Waals surface area contributed by atoms with Crippen LogP contribution in [0.4, 0.5) is 23.7 Å². The maximum absolute atomic E-state index is 13.8. The number of anilines is 1. The minimum atomic E-state index is -4.40. The van der Waals surface area contributed by atoms with Gasteiger partial charge < -0.3 is 25.4 Å². The largest absolute Gasteiger partial charge is 0.416 e. The van der Waals surface area contributed by atoms with Gasteiger partial charge in [-0.2, -0.15) is 13.2 Å². The van der Waals surface area contributed by atoms with E-state index >= 15 is 0 Å². The molecule has 2 heterocycles. The van der Waals surface area contributed by atoms with E-state index < -0.39 is 17.8 Å². The molecule has 1 aliphatic heterocycles. The molecular weight excluding hydrogens is 567 g/mol. The number of hydrogen-bond donors (Lipinski definition) is 3. The zero-order valence-corrected chi connectivity index (χ0v) is 25.1. The van der Waals surface area contributed by atoms with Gasteiger partial charge in [0.15, 0.2) is 0 Å². The lowest BCUT2D eigenvalue weighted by Crippen LogP contribution is -2.53. The number of nitrogens with zero attached hydrogens (tertiary/aromatic N) is 2. The summed E-state index contributed by atoms with van der Waals surface area (Å²) >= 11 is 0. The number of amides is 3. The number of likely N-dealkylation sites (tertiary alicyclic amines) is 1. The molecule has 2 atom stereocenters. The molecule has 0 spiro atoms. The predicted octanol–water partition coefficient (Wildman–Crippen LogP) is 6.95. The summed E-state index contributed by atoms with van der Waals surface area (Å²) in [6, 6.07) is 19.6. The van der Waals surface area contributed by atoms with Gasteiger partial charge in [0, 0.05) is 48.3 Å². The first-order chi connectivity index (χ1) is 21.0. The van der Waals surface area contributed by atoms with Crippen LogP contribution in [0.2, 0.25) is 0 Å². The van der Waals surface area contributed by atoms with Crippen molar-refractivity contribution in [1.82, 2.24) is 20.1 Å². The van der Waals surface area contributed by atoms with E-state index in [4.69, 9.17) is 0 Å². The van der Waals surface area contributed by atoms with Crippen molar-refractivity contribution in [3.05, 3.63) is 101 Å². The van der Waals surface area contributed by atoms with Crippen molar-refractivity contribution in [2.45, 2.75) is 50.4 Å². The van der Waals surface area contributed by atoms with Crippen LogP contribution < -0.4 is 10.6 Å². The molecule has 0 unspecified atom stereocenters. The van der Waals surface area contributed by atoms with Crippen LogP contribution in [0.3, 0.4) is 0 Å². The topological polar surface area (TPSA) is 80.5 Å². The van der Waals surface area contributed by atoms with Gasteiger partial charge in [0.05, 0.1) is 5.56 Å². The van der Waals surface area contributed by atoms with Crippen molar-refractivity contribution in [3.63, 3.8) is 0 Å². The molecule has 3 N–H and O–H groups in total. The first-order valence-corrected chi connectivity index (χ1v) is 14.8. The Kier molecular flexibility index (Phi) is 9.29. The first kappa shape index (κ1) is 31.1. The summed E-state index contributed by atoms with van der Waals surface area (Å²) in [7, 11) is 3.95. The molecule has 44 heavy (non-hydrogen) atoms. The van der Waals surface area contributed by atoms with E-state index in [1.165, 1.54) is 12.1 Å². The van der Waals surface area contributed by atoms with Crippen LogP contribution in [0.15, 0.2) is 79.0 Å². The van der Waals surface area contributed by atoms with Crippen molar-refractivity contribution >= 4 is 28.5 Å². The van der Waals surface area contributed by atoms with Crippen LogP contribution in [-0.2, 0) is 17.5 Å². The normalized spacial score (nSPS) is 15.8. The molecule has 1 fully saturated rings. The van der Waals surface area contributed by atoms with Crippen LogP contribution in [0.25, 0.3) is 10.9 Å². The maximum Gasteiger partial charge on any atom is 0.416 e. The van der Waals surface area contributed by atoms with Crippen molar-refractivity contribution in [2.24, 2.45) is 0 Å². The van der Waals surface area contributed by atoms with Gasteiger partial charge in [-0.1, -0.05) is 55.5 Å². The summed E-state index contributed by atoms with van der Waals surface area (Å²) in [5.41, 5.74) is 3.49. The third-order valence-electron chi connectivity index (χ3n) is 8.33. The van der Waals surface area contributed by atoms with Crippen LogP contribution in [0, 0.1) is 0 Å². The number of alkyl halides is 3. The number of nitrogens with one attached hydrogen (secondary N) is 3. The fourth-order valence-electron chi connectivity index (χ4n) is 6.01. The van der Waals surface area contributed by atoms with Crippen molar-refractivity contribution < 1.29 is 22.8 Å². The van der Waals surface area contributed by atoms with Crippen LogP contribution >= 0.6 is 0 Å². The quantitative estimate of drug-likeness (QED) is 0.203. The summed E-state index contributed by atoms with van der Waals surface area (Å²) in [4.78, 5) is 34.4. The van der Waals surface area contributed by atoms with Gasteiger partial charge in [-0.05, 0) is 73.8 Å². The minimum Gasteiger partial charge on any atom is -0.361 e. The van der Waals surface area contributed by atoms with Gasteiger partial charge in [0.2, 0.25) is 5.91 Å². The average molecular weight is 606 g/mol. The Morgan fingerprint density at radius 1 is 1.00 bits per heavy atom. The number of halogens is 3. The van der Waals surface area contributed by atoms with Crippen LogP contribution in [0.5, 0.6) is 0 Å². The Bertz CT molecular complexity index is 1610. The number of aromatic amines is 1. The molecule has 1 aromatic heterocycles. The molecule has 3 amide bonds. The van der Waals surface area contributed by atoms with Crippen molar-refractivity contribution in [3.8, 4) is 0 Å². The number of urea groups is 1. The second-order valence-corrected chi connectivity index (χ2v) is 11.8. The van der Waals surface area contributed by atoms with Gasteiger partial charge >= 0.3 is 12.2 Å². The zero-order valence-electron chi connectivity index (χ0n) is 25.1. The fraction of sp³-hybridized carbons (Fsp3) is 0.353. The number of carbonyl (C=O) groups is 2. The highest BCUT2D eigenvalue weighted by Crippen LogP contribution is 2.34. The lowest BCUT2D eigenvalue weighted by molar-refractivity contribution is -0.137. The van der Waals surface area contributed by atoms with Crippen LogP contribution in [-0.4, -0.2) is 59.9 Å². The molecule has 7 nitrogen and oxygen atoms in total. The third-order valence-corrected chi connectivity index (χ3v) is 8.33. The predicted molar refractivity (Wildman–Crippen MR) is 166 cm³/mol. The average Bonchev–Trinajstić information content (AvgIpc) is 3.43. The lowest BCUT2D eigenvalue weighted by atomic mass is 9.88. The summed E-state index contributed by atoms with van der Waals surface area (Å²) in [5, 5.41) is 6.98. The van der Waals surface area contributed by atoms with E-state index in [1.807, 2.05) is 80.6 Å². The molecule has 0 saturated carbocycles. The Hall–Kier alpha value is -4.31. The number of rotatable bonds is 8. The number of hydrogen-bond acceptors (Lipinski definition) is 3. The molecule has 1 saturated heterocycles. The van der Waals surface area contributed by atoms with Crippen molar-refractivity contribution in [2.75, 3.05) is 32.5 Å². The number of carbonyl (C=O) groups excluding carboxylic acids is 2. The van der Waals surface area contributed by atoms with Gasteiger partial charge in [-0.25, -0.2) is 4.79 Å². The summed E-state index contributed by atoms with van der Waals surface area (Å²) in [6.45, 7) is 3.37. The molecule has 5 rings (SSSR count). The maximum atomic E-state index is 13.8. The highest BCUT2D eigenvalue weighted by atomic mass is 19.4. The molecule has 0 aliphatic carbocycles. The molecule has 10 heteroatoms. The Labute approximate surface area is 255 Å². The van der Waals surface area contributed by atoms with Gasteiger partial charge in [0.1, 0.15) is 6.04 Å². The highest BCUT2D eigenvalue weighted by Gasteiger charge is 2.34. The summed E-state index contributed by atoms with van der Waals surface area (Å²) < 4.78 is 39.8. The molecule has 0 radical (unpaired) electrons. The van der Waals surface area contributed by atoms with Crippen LogP contribution in [0.1, 0.15) is 53.9 Å². The fourth-order valence-corrected chi connectivity index (χ4v) is 6.01. The molecule has 1 aliphatic rings. The number of fused-ring (bicyclic) bond motifs is 1. The second-order valence-electron chi connectivity index (χ2n) is 11.8. The van der Waals surface area contributed by atoms with Crippen molar-refractivity contribution in [1.29, 1.82) is 0 Å². The van der Waals surface area contributed by atoms with E-state index in [0.29, 0.717) is 43.7 Å². The number of aromatic nitrogens is 1. The Morgan fingerprint density at radius 3 is 2.45 bits per heavy atom. The van der Waals surface area contributed by atoms with E-state index in [2.05, 4.69) is 15.6 Å². The van der Waals surface area contributed by atoms with E-state index in [1.54, 1.807) is 11.0 Å². The smallest absolute Gasteiger partial charge is 0.361 e. The van der Waals surface area contributed by atoms with E-state index in [9.17, 15) is 22.8 Å². The second kappa shape index (κ2) is 13.1. The van der Waals surface area contributed by atoms with Gasteiger partial charge in [-0.3, -0.25) is 4.79 Å². The SMILES string of the molecule is C[C@H](c1c[nH]c2ccccc12)[C@@H](NC(=O)N1CCC(c2cccc(C(F)(F)F)c2)CC1)C(=O)Nc1cccc(CN(C)C)c1. The standard InChI is InChI=1S/C34H38F3N5O2/c1-22(29-20-38-30-13-5-4-12-28(29)30)31(32(43)39-27-11-6-8-23(18-27)21-41(2)3)40-33(44)42-16-14-24(15-17-42)25-9-7-10-26(19-25)34(35,36)37/h4-13,18-20,22,24,31,38H,14-17,21H2,1-3H3,(H,39,43)(H,40,44)/t22-,31-/m1/s1. The first-order valence-electron chi connectivity index (χ1n) is 14.8. The molecule has 232 valence electrons. The Balaban J connectivity index is 1.32. The number of para-hydroxylation sites is 1. The van der Waals surface area contributed by atoms with E-state index in [0.717, 1.165) is 28.1 Å². The molecular formula is C34H38F3N5O2. The monoisotopic (exact) mass is 605 g/mol. The van der Waals surface area contributed by atoms with Gasteiger partial charge in [-0.15, -0.1) is 0 Å². The lowest BCUT2D eigenvalue weighted by Gasteiger charge is -2.34.